The molecule has 0 unspecified atom stereocenters. The van der Waals surface area contributed by atoms with Crippen LogP contribution in [0.2, 0.25) is 0 Å². The molecule has 9 heteroatoms. The first-order chi connectivity index (χ1) is 9.73. The molecule has 2 heterocycles. The molecule has 0 spiro atoms. The van der Waals surface area contributed by atoms with Crippen LogP contribution in [0, 0.1) is 0 Å². The molecule has 2 fully saturated rings. The Morgan fingerprint density at radius 2 is 1.43 bits per heavy atom. The summed E-state index contributed by atoms with van der Waals surface area (Å²) in [5.41, 5.74) is 5.66. The lowest BCUT2D eigenvalue weighted by atomic mass is 9.96. The van der Waals surface area contributed by atoms with Gasteiger partial charge in [0.25, 0.3) is 0 Å². The van der Waals surface area contributed by atoms with Crippen LogP contribution in [0.15, 0.2) is 0 Å². The van der Waals surface area contributed by atoms with Crippen LogP contribution in [-0.2, 0) is 14.2 Å². The largest absolute Gasteiger partial charge is 0.388 e. The number of aliphatic hydroxyl groups is 5. The Morgan fingerprint density at radius 1 is 0.810 bits per heavy atom. The van der Waals surface area contributed by atoms with E-state index in [0.717, 1.165) is 0 Å². The summed E-state index contributed by atoms with van der Waals surface area (Å²) in [5, 5.41) is 49.1. The van der Waals surface area contributed by atoms with Gasteiger partial charge in [0.15, 0.2) is 12.6 Å². The highest BCUT2D eigenvalue weighted by atomic mass is 16.7. The molecule has 2 rings (SSSR count). The van der Waals surface area contributed by atoms with E-state index in [2.05, 4.69) is 0 Å². The Balaban J connectivity index is 2.08. The maximum absolute atomic E-state index is 9.98. The third kappa shape index (κ3) is 3.21. The standard InChI is InChI=1S/C12H23NO8/c1-3-5(13)7(15)8(16)12(20-3)21-10-6(14)4(2)19-11(18)9(10)17/h3-12,14-18H,13H2,1-2H3/t3-,4-,5-,6-,7+,8-,9+,10+,11+,12+/m0/s1. The third-order valence-electron chi connectivity index (χ3n) is 4.01. The van der Waals surface area contributed by atoms with Crippen molar-refractivity contribution >= 4 is 0 Å². The molecule has 0 bridgehead atoms. The molecule has 0 amide bonds. The van der Waals surface area contributed by atoms with Crippen molar-refractivity contribution in [2.24, 2.45) is 5.73 Å². The molecular weight excluding hydrogens is 286 g/mol. The number of aliphatic hydroxyl groups excluding tert-OH is 5. The minimum Gasteiger partial charge on any atom is -0.388 e. The summed E-state index contributed by atoms with van der Waals surface area (Å²) in [4.78, 5) is 0. The van der Waals surface area contributed by atoms with Crippen LogP contribution in [0.4, 0.5) is 0 Å². The number of nitrogens with two attached hydrogens (primary N) is 1. The van der Waals surface area contributed by atoms with Gasteiger partial charge in [-0.05, 0) is 13.8 Å². The quantitative estimate of drug-likeness (QED) is 0.306. The van der Waals surface area contributed by atoms with Crippen molar-refractivity contribution < 1.29 is 39.7 Å². The Hall–Kier alpha value is -0.360. The van der Waals surface area contributed by atoms with Gasteiger partial charge in [0.2, 0.25) is 0 Å². The minimum absolute atomic E-state index is 0.593. The van der Waals surface area contributed by atoms with Gasteiger partial charge in [-0.2, -0.15) is 0 Å². The fourth-order valence-electron chi connectivity index (χ4n) is 2.49. The van der Waals surface area contributed by atoms with E-state index >= 15 is 0 Å². The summed E-state index contributed by atoms with van der Waals surface area (Å²) in [6.07, 6.45) is -10.9. The van der Waals surface area contributed by atoms with E-state index in [1.165, 1.54) is 6.92 Å². The fourth-order valence-corrected chi connectivity index (χ4v) is 2.49. The Kier molecular flexibility index (Phi) is 5.19. The molecule has 2 saturated heterocycles. The first-order valence-electron chi connectivity index (χ1n) is 6.86. The maximum Gasteiger partial charge on any atom is 0.187 e. The predicted octanol–water partition coefficient (Wildman–Crippen LogP) is -3.38. The van der Waals surface area contributed by atoms with Crippen molar-refractivity contribution in [3.05, 3.63) is 0 Å². The Labute approximate surface area is 121 Å². The van der Waals surface area contributed by atoms with Gasteiger partial charge in [0, 0.05) is 0 Å². The average molecular weight is 309 g/mol. The highest BCUT2D eigenvalue weighted by molar-refractivity contribution is 4.93. The van der Waals surface area contributed by atoms with Crippen molar-refractivity contribution in [3.8, 4) is 0 Å². The van der Waals surface area contributed by atoms with Crippen LogP contribution >= 0.6 is 0 Å². The van der Waals surface area contributed by atoms with Crippen molar-refractivity contribution in [1.29, 1.82) is 0 Å². The van der Waals surface area contributed by atoms with Gasteiger partial charge in [0.1, 0.15) is 30.5 Å². The van der Waals surface area contributed by atoms with Crippen LogP contribution < -0.4 is 5.73 Å². The van der Waals surface area contributed by atoms with E-state index in [1.807, 2.05) is 0 Å². The molecule has 124 valence electrons. The van der Waals surface area contributed by atoms with Gasteiger partial charge >= 0.3 is 0 Å². The predicted molar refractivity (Wildman–Crippen MR) is 67.8 cm³/mol. The fraction of sp³-hybridized carbons (Fsp3) is 1.00. The second-order valence-corrected chi connectivity index (χ2v) is 5.58. The number of hydrogen-bond acceptors (Lipinski definition) is 9. The zero-order valence-corrected chi connectivity index (χ0v) is 11.8. The third-order valence-corrected chi connectivity index (χ3v) is 4.01. The topological polar surface area (TPSA) is 155 Å². The van der Waals surface area contributed by atoms with Crippen LogP contribution in [0.5, 0.6) is 0 Å². The summed E-state index contributed by atoms with van der Waals surface area (Å²) in [7, 11) is 0. The van der Waals surface area contributed by atoms with E-state index in [9.17, 15) is 25.5 Å². The first kappa shape index (κ1) is 17.0. The normalized spacial score (nSPS) is 55.4. The Bertz CT molecular complexity index is 344. The van der Waals surface area contributed by atoms with Gasteiger partial charge in [0.05, 0.1) is 18.2 Å². The SMILES string of the molecule is C[C@@H]1O[C@H](O[C@@H]2[C@@H](O)[C@H](C)O[C@@H](O)[C@@H]2O)[C@@H](O)[C@H](O)[C@H]1N. The average Bonchev–Trinajstić information content (AvgIpc) is 2.44. The number of rotatable bonds is 2. The highest BCUT2D eigenvalue weighted by Crippen LogP contribution is 2.27. The van der Waals surface area contributed by atoms with Crippen molar-refractivity contribution in [1.82, 2.24) is 0 Å². The number of hydrogen-bond donors (Lipinski definition) is 6. The van der Waals surface area contributed by atoms with Crippen molar-refractivity contribution in [3.63, 3.8) is 0 Å². The summed E-state index contributed by atoms with van der Waals surface area (Å²) in [5.74, 6) is 0. The molecule has 0 aliphatic carbocycles. The lowest BCUT2D eigenvalue weighted by molar-refractivity contribution is -0.341. The molecule has 0 aromatic carbocycles. The van der Waals surface area contributed by atoms with Gasteiger partial charge < -0.3 is 45.5 Å². The molecule has 10 atom stereocenters. The van der Waals surface area contributed by atoms with E-state index in [-0.39, 0.29) is 0 Å². The molecular formula is C12H23NO8. The Morgan fingerprint density at radius 3 is 2.05 bits per heavy atom. The summed E-state index contributed by atoms with van der Waals surface area (Å²) in [6.45, 7) is 3.10. The van der Waals surface area contributed by atoms with E-state index < -0.39 is 61.3 Å². The van der Waals surface area contributed by atoms with Crippen LogP contribution in [0.25, 0.3) is 0 Å². The maximum atomic E-state index is 9.98. The lowest BCUT2D eigenvalue weighted by Gasteiger charge is -2.44. The van der Waals surface area contributed by atoms with Gasteiger partial charge in [-0.1, -0.05) is 0 Å². The summed E-state index contributed by atoms with van der Waals surface area (Å²) in [6, 6.07) is -0.783. The van der Waals surface area contributed by atoms with Gasteiger partial charge in [-0.3, -0.25) is 0 Å². The lowest BCUT2D eigenvalue weighted by Crippen LogP contribution is -2.64. The molecule has 0 aromatic heterocycles. The second kappa shape index (κ2) is 6.41. The van der Waals surface area contributed by atoms with Crippen LogP contribution in [0.3, 0.4) is 0 Å². The van der Waals surface area contributed by atoms with Crippen LogP contribution in [-0.4, -0.2) is 86.9 Å². The zero-order valence-electron chi connectivity index (χ0n) is 11.8. The number of ether oxygens (including phenoxy) is 3. The van der Waals surface area contributed by atoms with Crippen molar-refractivity contribution in [2.45, 2.75) is 75.2 Å². The second-order valence-electron chi connectivity index (χ2n) is 5.58. The first-order valence-corrected chi connectivity index (χ1v) is 6.86. The van der Waals surface area contributed by atoms with Gasteiger partial charge in [-0.25, -0.2) is 0 Å². The summed E-state index contributed by atoms with van der Waals surface area (Å²) >= 11 is 0. The van der Waals surface area contributed by atoms with E-state index in [1.54, 1.807) is 6.92 Å². The molecule has 21 heavy (non-hydrogen) atoms. The molecule has 9 nitrogen and oxygen atoms in total. The van der Waals surface area contributed by atoms with E-state index in [0.29, 0.717) is 0 Å². The van der Waals surface area contributed by atoms with E-state index in [4.69, 9.17) is 19.9 Å². The molecule has 0 saturated carbocycles. The van der Waals surface area contributed by atoms with Crippen LogP contribution in [0.1, 0.15) is 13.8 Å². The molecule has 0 aromatic rings. The minimum atomic E-state index is -1.53. The molecule has 7 N–H and O–H groups in total. The zero-order chi connectivity index (χ0) is 15.9. The summed E-state index contributed by atoms with van der Waals surface area (Å²) < 4.78 is 15.6. The van der Waals surface area contributed by atoms with Crippen molar-refractivity contribution in [2.75, 3.05) is 0 Å². The molecule has 0 radical (unpaired) electrons. The monoisotopic (exact) mass is 309 g/mol. The molecule has 2 aliphatic heterocycles. The molecule has 2 aliphatic rings. The van der Waals surface area contributed by atoms with Gasteiger partial charge in [-0.15, -0.1) is 0 Å². The smallest absolute Gasteiger partial charge is 0.187 e. The highest BCUT2D eigenvalue weighted by Gasteiger charge is 2.48.